The average Bonchev–Trinajstić information content (AvgIpc) is 2.86. The average molecular weight is 494 g/mol. The fraction of sp³-hybridized carbons (Fsp3) is 0.222. The topological polar surface area (TPSA) is 89.0 Å². The van der Waals surface area contributed by atoms with Crippen LogP contribution in [0.2, 0.25) is 5.02 Å². The molecule has 2 amide bonds. The van der Waals surface area contributed by atoms with Crippen LogP contribution in [0.5, 0.6) is 11.5 Å². The van der Waals surface area contributed by atoms with Crippen molar-refractivity contribution in [1.82, 2.24) is 10.7 Å². The van der Waals surface area contributed by atoms with Crippen molar-refractivity contribution in [1.29, 1.82) is 0 Å². The molecule has 0 fully saturated rings. The highest BCUT2D eigenvalue weighted by molar-refractivity contribution is 6.31. The van der Waals surface area contributed by atoms with Crippen LogP contribution in [0.1, 0.15) is 35.3 Å². The molecule has 0 heterocycles. The quantitative estimate of drug-likeness (QED) is 0.312. The Bertz CT molecular complexity index is 1160. The first-order valence-corrected chi connectivity index (χ1v) is 11.5. The van der Waals surface area contributed by atoms with E-state index in [1.165, 1.54) is 6.21 Å². The molecule has 8 heteroatoms. The molecule has 3 rings (SSSR count). The van der Waals surface area contributed by atoms with E-state index >= 15 is 0 Å². The second-order valence-electron chi connectivity index (χ2n) is 8.15. The largest absolute Gasteiger partial charge is 0.497 e. The number of amides is 2. The molecule has 0 aliphatic carbocycles. The Morgan fingerprint density at radius 1 is 1.00 bits per heavy atom. The van der Waals surface area contributed by atoms with Gasteiger partial charge in [0, 0.05) is 10.6 Å². The Morgan fingerprint density at radius 2 is 1.69 bits per heavy atom. The van der Waals surface area contributed by atoms with E-state index in [0.29, 0.717) is 22.9 Å². The van der Waals surface area contributed by atoms with Crippen molar-refractivity contribution in [2.75, 3.05) is 7.11 Å². The van der Waals surface area contributed by atoms with E-state index in [1.54, 1.807) is 31.4 Å². The lowest BCUT2D eigenvalue weighted by atomic mass is 10.0. The van der Waals surface area contributed by atoms with Gasteiger partial charge in [-0.25, -0.2) is 5.43 Å². The summed E-state index contributed by atoms with van der Waals surface area (Å²) in [7, 11) is 1.63. The molecule has 3 aromatic carbocycles. The molecule has 0 aliphatic rings. The first-order chi connectivity index (χ1) is 16.9. The minimum absolute atomic E-state index is 0.143. The van der Waals surface area contributed by atoms with Gasteiger partial charge < -0.3 is 14.8 Å². The summed E-state index contributed by atoms with van der Waals surface area (Å²) >= 11 is 5.95. The Labute approximate surface area is 210 Å². The molecule has 0 aliphatic heterocycles. The molecule has 3 aromatic rings. The van der Waals surface area contributed by atoms with Gasteiger partial charge in [0.25, 0.3) is 11.8 Å². The van der Waals surface area contributed by atoms with Crippen molar-refractivity contribution in [3.63, 3.8) is 0 Å². The van der Waals surface area contributed by atoms with E-state index in [4.69, 9.17) is 21.1 Å². The van der Waals surface area contributed by atoms with Crippen molar-refractivity contribution < 1.29 is 19.1 Å². The number of carbonyl (C=O) groups excluding carboxylic acids is 2. The predicted molar refractivity (Wildman–Crippen MR) is 137 cm³/mol. The first kappa shape index (κ1) is 25.8. The first-order valence-electron chi connectivity index (χ1n) is 11.1. The Morgan fingerprint density at radius 3 is 2.31 bits per heavy atom. The fourth-order valence-corrected chi connectivity index (χ4v) is 3.36. The molecular weight excluding hydrogens is 466 g/mol. The monoisotopic (exact) mass is 493 g/mol. The number of nitrogens with one attached hydrogen (secondary N) is 2. The second-order valence-corrected chi connectivity index (χ2v) is 8.58. The van der Waals surface area contributed by atoms with Gasteiger partial charge in [-0.3, -0.25) is 9.59 Å². The number of hydrogen-bond donors (Lipinski definition) is 2. The number of benzene rings is 3. The molecule has 182 valence electrons. The molecule has 1 unspecified atom stereocenters. The van der Waals surface area contributed by atoms with Gasteiger partial charge in [-0.1, -0.05) is 43.6 Å². The zero-order valence-corrected chi connectivity index (χ0v) is 20.6. The third kappa shape index (κ3) is 7.86. The summed E-state index contributed by atoms with van der Waals surface area (Å²) in [5.74, 6) is 0.579. The van der Waals surface area contributed by atoms with Gasteiger partial charge in [0.05, 0.1) is 13.3 Å². The minimum atomic E-state index is -0.757. The number of ether oxygens (including phenoxy) is 2. The molecule has 2 N–H and O–H groups in total. The van der Waals surface area contributed by atoms with E-state index in [2.05, 4.69) is 15.8 Å². The number of hydrazone groups is 1. The summed E-state index contributed by atoms with van der Waals surface area (Å²) in [6.45, 7) is 4.12. The van der Waals surface area contributed by atoms with Gasteiger partial charge in [-0.05, 0) is 71.6 Å². The van der Waals surface area contributed by atoms with E-state index in [-0.39, 0.29) is 11.8 Å². The van der Waals surface area contributed by atoms with Gasteiger partial charge in [0.15, 0.2) is 0 Å². The van der Waals surface area contributed by atoms with Crippen LogP contribution in [0, 0.1) is 5.92 Å². The second kappa shape index (κ2) is 12.6. The highest BCUT2D eigenvalue weighted by Crippen LogP contribution is 2.16. The van der Waals surface area contributed by atoms with Crippen LogP contribution < -0.4 is 20.2 Å². The van der Waals surface area contributed by atoms with Gasteiger partial charge in [0.2, 0.25) is 0 Å². The zero-order valence-electron chi connectivity index (χ0n) is 19.8. The van der Waals surface area contributed by atoms with Crippen LogP contribution in [0.3, 0.4) is 0 Å². The Hall–Kier alpha value is -3.84. The minimum Gasteiger partial charge on any atom is -0.497 e. The smallest absolute Gasteiger partial charge is 0.262 e. The van der Waals surface area contributed by atoms with Crippen LogP contribution in [-0.2, 0) is 11.4 Å². The molecule has 1 atom stereocenters. The number of hydrogen-bond acceptors (Lipinski definition) is 5. The summed E-state index contributed by atoms with van der Waals surface area (Å²) < 4.78 is 11.0. The van der Waals surface area contributed by atoms with Crippen LogP contribution in [0.15, 0.2) is 77.9 Å². The molecule has 7 nitrogen and oxygen atoms in total. The van der Waals surface area contributed by atoms with E-state index in [0.717, 1.165) is 16.9 Å². The van der Waals surface area contributed by atoms with Gasteiger partial charge >= 0.3 is 0 Å². The van der Waals surface area contributed by atoms with Crippen molar-refractivity contribution in [3.8, 4) is 11.5 Å². The molecule has 35 heavy (non-hydrogen) atoms. The highest BCUT2D eigenvalue weighted by Gasteiger charge is 2.24. The van der Waals surface area contributed by atoms with Crippen molar-refractivity contribution in [2.24, 2.45) is 11.0 Å². The number of carbonyl (C=O) groups is 2. The predicted octanol–water partition coefficient (Wildman–Crippen LogP) is 4.83. The molecule has 0 radical (unpaired) electrons. The molecule has 0 saturated carbocycles. The zero-order chi connectivity index (χ0) is 25.2. The molecule has 0 saturated heterocycles. The lowest BCUT2D eigenvalue weighted by molar-refractivity contribution is -0.123. The van der Waals surface area contributed by atoms with Gasteiger partial charge in [-0.2, -0.15) is 5.10 Å². The maximum absolute atomic E-state index is 12.6. The third-order valence-electron chi connectivity index (χ3n) is 5.16. The lowest BCUT2D eigenvalue weighted by Crippen LogP contribution is -2.48. The standard InChI is InChI=1S/C27H28ClN3O4/c1-18(2)25(30-26(32)21-5-4-6-22(28)15-21)27(33)31-29-16-19-7-13-24(14-8-19)35-17-20-9-11-23(34-3)12-10-20/h4-16,18,25H,17H2,1-3H3,(H,30,32)(H,31,33). The summed E-state index contributed by atoms with van der Waals surface area (Å²) in [5.41, 5.74) is 4.70. The third-order valence-corrected chi connectivity index (χ3v) is 5.39. The molecule has 0 aromatic heterocycles. The van der Waals surface area contributed by atoms with Gasteiger partial charge in [-0.15, -0.1) is 0 Å². The number of rotatable bonds is 10. The Kier molecular flexibility index (Phi) is 9.26. The SMILES string of the molecule is COc1ccc(COc2ccc(C=NNC(=O)C(NC(=O)c3cccc(Cl)c3)C(C)C)cc2)cc1. The summed E-state index contributed by atoms with van der Waals surface area (Å²) in [5, 5.41) is 7.22. The molecule has 0 bridgehead atoms. The van der Waals surface area contributed by atoms with Crippen LogP contribution in [0.4, 0.5) is 0 Å². The molecule has 0 spiro atoms. The highest BCUT2D eigenvalue weighted by atomic mass is 35.5. The van der Waals surface area contributed by atoms with Crippen LogP contribution in [0.25, 0.3) is 0 Å². The number of nitrogens with zero attached hydrogens (tertiary/aromatic N) is 1. The maximum atomic E-state index is 12.6. The van der Waals surface area contributed by atoms with Crippen molar-refractivity contribution >= 4 is 29.6 Å². The van der Waals surface area contributed by atoms with E-state index in [9.17, 15) is 9.59 Å². The lowest BCUT2D eigenvalue weighted by Gasteiger charge is -2.20. The summed E-state index contributed by atoms with van der Waals surface area (Å²) in [6.07, 6.45) is 1.53. The fourth-order valence-electron chi connectivity index (χ4n) is 3.17. The summed E-state index contributed by atoms with van der Waals surface area (Å²) in [4.78, 5) is 25.1. The normalized spacial score (nSPS) is 11.8. The van der Waals surface area contributed by atoms with Crippen molar-refractivity contribution in [2.45, 2.75) is 26.5 Å². The summed E-state index contributed by atoms with van der Waals surface area (Å²) in [6, 6.07) is 20.8. The van der Waals surface area contributed by atoms with Crippen molar-refractivity contribution in [3.05, 3.63) is 94.5 Å². The maximum Gasteiger partial charge on any atom is 0.262 e. The van der Waals surface area contributed by atoms with Crippen LogP contribution >= 0.6 is 11.6 Å². The van der Waals surface area contributed by atoms with Crippen LogP contribution in [-0.4, -0.2) is 31.2 Å². The molecular formula is C27H28ClN3O4. The Balaban J connectivity index is 1.51. The number of halogens is 1. The van der Waals surface area contributed by atoms with E-state index < -0.39 is 11.9 Å². The van der Waals surface area contributed by atoms with E-state index in [1.807, 2.05) is 62.4 Å². The van der Waals surface area contributed by atoms with Gasteiger partial charge in [0.1, 0.15) is 24.1 Å². The number of methoxy groups -OCH3 is 1.